The standard InChI is InChI=1S/C20H20Cl2N2O2S/c1-12(26-17-9-8-13(21)10-16(17)22)19(25)24-20-15(11-23)14-6-4-2-3-5-7-18(14)27-20/h8-10,12H,2-7H2,1H3,(H,24,25)/t12-/m0/s1. The molecular weight excluding hydrogens is 403 g/mol. The second-order valence-electron chi connectivity index (χ2n) is 6.56. The second-order valence-corrected chi connectivity index (χ2v) is 8.51. The van der Waals surface area contributed by atoms with Gasteiger partial charge in [0.1, 0.15) is 16.8 Å². The molecule has 0 fully saturated rings. The van der Waals surface area contributed by atoms with Gasteiger partial charge in [-0.2, -0.15) is 5.26 Å². The molecule has 1 heterocycles. The minimum atomic E-state index is -0.764. The van der Waals surface area contributed by atoms with Crippen LogP contribution in [0.25, 0.3) is 0 Å². The Bertz CT molecular complexity index is 889. The van der Waals surface area contributed by atoms with E-state index in [4.69, 9.17) is 27.9 Å². The number of amides is 1. The molecule has 2 aromatic rings. The molecule has 142 valence electrons. The third-order valence-corrected chi connectivity index (χ3v) is 6.32. The topological polar surface area (TPSA) is 62.1 Å². The maximum atomic E-state index is 12.6. The summed E-state index contributed by atoms with van der Waals surface area (Å²) in [4.78, 5) is 13.8. The van der Waals surface area contributed by atoms with Crippen molar-refractivity contribution in [2.45, 2.75) is 51.6 Å². The van der Waals surface area contributed by atoms with Crippen LogP contribution in [0.15, 0.2) is 18.2 Å². The van der Waals surface area contributed by atoms with Gasteiger partial charge < -0.3 is 10.1 Å². The highest BCUT2D eigenvalue weighted by atomic mass is 35.5. The quantitative estimate of drug-likeness (QED) is 0.657. The van der Waals surface area contributed by atoms with Crippen molar-refractivity contribution in [3.8, 4) is 11.8 Å². The zero-order chi connectivity index (χ0) is 19.4. The summed E-state index contributed by atoms with van der Waals surface area (Å²) >= 11 is 13.5. The van der Waals surface area contributed by atoms with Crippen molar-refractivity contribution in [3.63, 3.8) is 0 Å². The van der Waals surface area contributed by atoms with Gasteiger partial charge in [0, 0.05) is 9.90 Å². The first-order valence-corrected chi connectivity index (χ1v) is 10.5. The highest BCUT2D eigenvalue weighted by molar-refractivity contribution is 7.16. The van der Waals surface area contributed by atoms with Crippen LogP contribution in [0.1, 0.15) is 48.6 Å². The van der Waals surface area contributed by atoms with Gasteiger partial charge in [-0.05, 0) is 56.4 Å². The lowest BCUT2D eigenvalue weighted by Gasteiger charge is -2.15. The van der Waals surface area contributed by atoms with E-state index >= 15 is 0 Å². The zero-order valence-electron chi connectivity index (χ0n) is 15.0. The molecule has 0 radical (unpaired) electrons. The molecule has 1 amide bonds. The number of carbonyl (C=O) groups is 1. The normalized spacial score (nSPS) is 15.0. The van der Waals surface area contributed by atoms with E-state index in [1.165, 1.54) is 29.1 Å². The Kier molecular flexibility index (Phi) is 6.64. The highest BCUT2D eigenvalue weighted by Crippen LogP contribution is 2.37. The van der Waals surface area contributed by atoms with Crippen molar-refractivity contribution in [2.75, 3.05) is 5.32 Å². The van der Waals surface area contributed by atoms with Gasteiger partial charge in [-0.1, -0.05) is 36.0 Å². The molecule has 0 saturated carbocycles. The van der Waals surface area contributed by atoms with E-state index in [-0.39, 0.29) is 5.91 Å². The summed E-state index contributed by atoms with van der Waals surface area (Å²) in [6.45, 7) is 1.65. The van der Waals surface area contributed by atoms with Crippen LogP contribution >= 0.6 is 34.5 Å². The first-order chi connectivity index (χ1) is 13.0. The number of hydrogen-bond acceptors (Lipinski definition) is 4. The smallest absolute Gasteiger partial charge is 0.265 e. The summed E-state index contributed by atoms with van der Waals surface area (Å²) in [5.74, 6) is 0.0782. The number of nitrogens with zero attached hydrogens (tertiary/aromatic N) is 1. The van der Waals surface area contributed by atoms with Gasteiger partial charge in [0.25, 0.3) is 5.91 Å². The van der Waals surface area contributed by atoms with Crippen LogP contribution < -0.4 is 10.1 Å². The van der Waals surface area contributed by atoms with Gasteiger partial charge in [-0.3, -0.25) is 4.79 Å². The van der Waals surface area contributed by atoms with Crippen molar-refractivity contribution >= 4 is 45.4 Å². The zero-order valence-corrected chi connectivity index (χ0v) is 17.3. The average molecular weight is 423 g/mol. The number of anilines is 1. The molecule has 1 aliphatic carbocycles. The Morgan fingerprint density at radius 2 is 2.00 bits per heavy atom. The van der Waals surface area contributed by atoms with Gasteiger partial charge in [0.15, 0.2) is 6.10 Å². The fourth-order valence-electron chi connectivity index (χ4n) is 3.15. The molecule has 27 heavy (non-hydrogen) atoms. The summed E-state index contributed by atoms with van der Waals surface area (Å²) in [5, 5.41) is 14.0. The predicted octanol–water partition coefficient (Wildman–Crippen LogP) is 5.99. The molecule has 1 atom stereocenters. The monoisotopic (exact) mass is 422 g/mol. The van der Waals surface area contributed by atoms with Crippen LogP contribution in [0.2, 0.25) is 10.0 Å². The number of hydrogen-bond donors (Lipinski definition) is 1. The number of halogens is 2. The molecule has 0 spiro atoms. The average Bonchev–Trinajstić information content (AvgIpc) is 2.92. The van der Waals surface area contributed by atoms with Crippen LogP contribution in [0.5, 0.6) is 5.75 Å². The van der Waals surface area contributed by atoms with Gasteiger partial charge in [0.2, 0.25) is 0 Å². The summed E-state index contributed by atoms with van der Waals surface area (Å²) in [5.41, 5.74) is 1.70. The number of ether oxygens (including phenoxy) is 1. The Balaban J connectivity index is 1.75. The summed E-state index contributed by atoms with van der Waals surface area (Å²) < 4.78 is 5.67. The number of aryl methyl sites for hydroxylation is 1. The molecular formula is C20H20Cl2N2O2S. The first-order valence-electron chi connectivity index (χ1n) is 8.96. The minimum Gasteiger partial charge on any atom is -0.479 e. The van der Waals surface area contributed by atoms with Crippen molar-refractivity contribution in [1.82, 2.24) is 0 Å². The molecule has 0 bridgehead atoms. The summed E-state index contributed by atoms with van der Waals surface area (Å²) in [6, 6.07) is 7.13. The number of fused-ring (bicyclic) bond motifs is 1. The van der Waals surface area contributed by atoms with Crippen molar-refractivity contribution in [1.29, 1.82) is 5.26 Å². The summed E-state index contributed by atoms with van der Waals surface area (Å²) in [6.07, 6.45) is 5.72. The number of benzene rings is 1. The van der Waals surface area contributed by atoms with Gasteiger partial charge >= 0.3 is 0 Å². The lowest BCUT2D eigenvalue weighted by Crippen LogP contribution is -2.30. The van der Waals surface area contributed by atoms with Crippen molar-refractivity contribution in [2.24, 2.45) is 0 Å². The van der Waals surface area contributed by atoms with E-state index < -0.39 is 6.10 Å². The first kappa shape index (κ1) is 20.0. The maximum Gasteiger partial charge on any atom is 0.265 e. The molecule has 4 nitrogen and oxygen atoms in total. The Labute approximate surface area is 173 Å². The van der Waals surface area contributed by atoms with E-state index in [0.29, 0.717) is 26.4 Å². The third-order valence-electron chi connectivity index (χ3n) is 4.59. The van der Waals surface area contributed by atoms with Crippen LogP contribution in [0.3, 0.4) is 0 Å². The van der Waals surface area contributed by atoms with Gasteiger partial charge in [0.05, 0.1) is 10.6 Å². The number of nitriles is 1. The van der Waals surface area contributed by atoms with Crippen LogP contribution in [-0.2, 0) is 17.6 Å². The molecule has 7 heteroatoms. The molecule has 1 aromatic heterocycles. The van der Waals surface area contributed by atoms with E-state index in [9.17, 15) is 10.1 Å². The van der Waals surface area contributed by atoms with Gasteiger partial charge in [-0.25, -0.2) is 0 Å². The van der Waals surface area contributed by atoms with E-state index in [1.807, 2.05) is 0 Å². The Hall–Kier alpha value is -1.74. The fourth-order valence-corrected chi connectivity index (χ4v) is 4.85. The summed E-state index contributed by atoms with van der Waals surface area (Å²) in [7, 11) is 0. The predicted molar refractivity (Wildman–Crippen MR) is 110 cm³/mol. The molecule has 0 unspecified atom stereocenters. The molecule has 1 N–H and O–H groups in total. The molecule has 0 aliphatic heterocycles. The SMILES string of the molecule is C[C@H](Oc1ccc(Cl)cc1Cl)C(=O)Nc1sc2c(c1C#N)CCCCCC2. The van der Waals surface area contributed by atoms with Crippen LogP contribution in [0.4, 0.5) is 5.00 Å². The van der Waals surface area contributed by atoms with Crippen molar-refractivity contribution in [3.05, 3.63) is 44.2 Å². The van der Waals surface area contributed by atoms with E-state index in [2.05, 4.69) is 11.4 Å². The van der Waals surface area contributed by atoms with Crippen molar-refractivity contribution < 1.29 is 9.53 Å². The number of carbonyl (C=O) groups excluding carboxylic acids is 1. The molecule has 0 saturated heterocycles. The molecule has 3 rings (SSSR count). The number of nitrogens with one attached hydrogen (secondary N) is 1. The third kappa shape index (κ3) is 4.76. The maximum absolute atomic E-state index is 12.6. The second kappa shape index (κ2) is 8.97. The minimum absolute atomic E-state index is 0.313. The molecule has 1 aliphatic rings. The fraction of sp³-hybridized carbons (Fsp3) is 0.400. The van der Waals surface area contributed by atoms with E-state index in [1.54, 1.807) is 25.1 Å². The van der Waals surface area contributed by atoms with Gasteiger partial charge in [-0.15, -0.1) is 11.3 Å². The largest absolute Gasteiger partial charge is 0.479 e. The Morgan fingerprint density at radius 1 is 1.26 bits per heavy atom. The lowest BCUT2D eigenvalue weighted by molar-refractivity contribution is -0.122. The van der Waals surface area contributed by atoms with Crippen LogP contribution in [0, 0.1) is 11.3 Å². The number of thiophene rings is 1. The number of rotatable bonds is 4. The van der Waals surface area contributed by atoms with E-state index in [0.717, 1.165) is 31.2 Å². The van der Waals surface area contributed by atoms with Crippen LogP contribution in [-0.4, -0.2) is 12.0 Å². The molecule has 1 aromatic carbocycles. The highest BCUT2D eigenvalue weighted by Gasteiger charge is 2.23. The lowest BCUT2D eigenvalue weighted by atomic mass is 9.97. The Morgan fingerprint density at radius 3 is 2.70 bits per heavy atom.